The Balaban J connectivity index is 1.72. The molecule has 29 heavy (non-hydrogen) atoms. The molecule has 0 amide bonds. The highest BCUT2D eigenvalue weighted by atomic mass is 32.2. The molecule has 1 saturated heterocycles. The lowest BCUT2D eigenvalue weighted by molar-refractivity contribution is 0.0934. The summed E-state index contributed by atoms with van der Waals surface area (Å²) in [6.45, 7) is 1.83. The number of hydrogen-bond acceptors (Lipinski definition) is 6. The number of benzene rings is 2. The molecule has 0 spiro atoms. The largest absolute Gasteiger partial charge is 0.294 e. The van der Waals surface area contributed by atoms with E-state index < -0.39 is 15.3 Å². The molecular weight excluding hydrogens is 395 g/mol. The van der Waals surface area contributed by atoms with Gasteiger partial charge in [-0.3, -0.25) is 4.79 Å². The first kappa shape index (κ1) is 19.4. The fraction of sp³-hybridized carbons (Fsp3) is 0.300. The normalized spacial score (nSPS) is 20.6. The molecule has 1 atom stereocenters. The lowest BCUT2D eigenvalue weighted by atomic mass is 9.83. The van der Waals surface area contributed by atoms with Gasteiger partial charge in [-0.15, -0.1) is 5.10 Å². The minimum atomic E-state index is -3.10. The third-order valence-electron chi connectivity index (χ3n) is 5.20. The Kier molecular flexibility index (Phi) is 4.77. The molecule has 0 aliphatic carbocycles. The summed E-state index contributed by atoms with van der Waals surface area (Å²) in [5.41, 5.74) is 1.90. The summed E-state index contributed by atoms with van der Waals surface area (Å²) in [4.78, 5) is 13.1. The standard InChI is InChI=1S/C20H19FN4O3S/c1-20(6-7-29(27,28)12-20)11-19(26)16-8-15(14-2-4-17(21)5-3-14)9-18(10-16)25-13-22-23-24-25/h2-5,8-10,13H,6-7,11-12H2,1H3. The summed E-state index contributed by atoms with van der Waals surface area (Å²) in [5.74, 6) is -0.370. The van der Waals surface area contributed by atoms with Crippen LogP contribution in [0.1, 0.15) is 30.1 Å². The van der Waals surface area contributed by atoms with Crippen molar-refractivity contribution in [2.45, 2.75) is 19.8 Å². The first-order valence-electron chi connectivity index (χ1n) is 9.11. The van der Waals surface area contributed by atoms with Crippen molar-refractivity contribution in [3.05, 3.63) is 60.2 Å². The van der Waals surface area contributed by atoms with Crippen molar-refractivity contribution < 1.29 is 17.6 Å². The van der Waals surface area contributed by atoms with Crippen LogP contribution in [0.4, 0.5) is 4.39 Å². The van der Waals surface area contributed by atoms with Gasteiger partial charge in [0, 0.05) is 12.0 Å². The minimum absolute atomic E-state index is 0.0171. The van der Waals surface area contributed by atoms with Gasteiger partial charge in [-0.2, -0.15) is 0 Å². The highest BCUT2D eigenvalue weighted by molar-refractivity contribution is 7.91. The van der Waals surface area contributed by atoms with Gasteiger partial charge >= 0.3 is 0 Å². The molecule has 9 heteroatoms. The van der Waals surface area contributed by atoms with E-state index in [2.05, 4.69) is 15.5 Å². The Morgan fingerprint density at radius 3 is 2.55 bits per heavy atom. The van der Waals surface area contributed by atoms with E-state index in [9.17, 15) is 17.6 Å². The number of sulfone groups is 1. The zero-order chi connectivity index (χ0) is 20.6. The lowest BCUT2D eigenvalue weighted by Crippen LogP contribution is -2.22. The van der Waals surface area contributed by atoms with Gasteiger partial charge in [0.2, 0.25) is 0 Å². The number of ketones is 1. The van der Waals surface area contributed by atoms with Crippen LogP contribution in [-0.4, -0.2) is 45.9 Å². The minimum Gasteiger partial charge on any atom is -0.294 e. The lowest BCUT2D eigenvalue weighted by Gasteiger charge is -2.21. The van der Waals surface area contributed by atoms with Crippen molar-refractivity contribution in [1.29, 1.82) is 0 Å². The Bertz CT molecular complexity index is 1160. The van der Waals surface area contributed by atoms with Crippen LogP contribution in [0.25, 0.3) is 16.8 Å². The average molecular weight is 414 g/mol. The summed E-state index contributed by atoms with van der Waals surface area (Å²) in [7, 11) is -3.10. The maximum atomic E-state index is 13.3. The van der Waals surface area contributed by atoms with Gasteiger partial charge in [-0.25, -0.2) is 17.5 Å². The van der Waals surface area contributed by atoms with E-state index in [1.807, 2.05) is 13.0 Å². The van der Waals surface area contributed by atoms with Gasteiger partial charge in [0.1, 0.15) is 12.1 Å². The highest BCUT2D eigenvalue weighted by Gasteiger charge is 2.39. The number of halogens is 1. The molecule has 1 aromatic heterocycles. The molecule has 0 bridgehead atoms. The zero-order valence-electron chi connectivity index (χ0n) is 15.7. The van der Waals surface area contributed by atoms with Crippen LogP contribution in [0.5, 0.6) is 0 Å². The van der Waals surface area contributed by atoms with Gasteiger partial charge < -0.3 is 0 Å². The van der Waals surface area contributed by atoms with E-state index in [0.717, 1.165) is 5.56 Å². The van der Waals surface area contributed by atoms with Crippen LogP contribution in [0.3, 0.4) is 0 Å². The second-order valence-electron chi connectivity index (χ2n) is 7.78. The van der Waals surface area contributed by atoms with Crippen molar-refractivity contribution in [3.8, 4) is 16.8 Å². The first-order valence-corrected chi connectivity index (χ1v) is 10.9. The third-order valence-corrected chi connectivity index (χ3v) is 7.17. The molecule has 0 radical (unpaired) electrons. The number of carbonyl (C=O) groups is 1. The van der Waals surface area contributed by atoms with Crippen LogP contribution in [0.15, 0.2) is 48.8 Å². The molecule has 3 aromatic rings. The number of tetrazole rings is 1. The first-order chi connectivity index (χ1) is 13.7. The fourth-order valence-electron chi connectivity index (χ4n) is 3.70. The number of rotatable bonds is 5. The summed E-state index contributed by atoms with van der Waals surface area (Å²) >= 11 is 0. The van der Waals surface area contributed by atoms with Gasteiger partial charge in [0.15, 0.2) is 15.6 Å². The molecular formula is C20H19FN4O3S. The quantitative estimate of drug-likeness (QED) is 0.596. The van der Waals surface area contributed by atoms with Gasteiger partial charge in [-0.1, -0.05) is 19.1 Å². The molecule has 150 valence electrons. The SMILES string of the molecule is CC1(CC(=O)c2cc(-c3ccc(F)cc3)cc(-n3cnnn3)c2)CCS(=O)(=O)C1. The van der Waals surface area contributed by atoms with Crippen molar-refractivity contribution >= 4 is 15.6 Å². The molecule has 1 fully saturated rings. The molecule has 1 unspecified atom stereocenters. The summed E-state index contributed by atoms with van der Waals surface area (Å²) in [6, 6.07) is 11.2. The van der Waals surface area contributed by atoms with Crippen LogP contribution in [0, 0.1) is 11.2 Å². The highest BCUT2D eigenvalue weighted by Crippen LogP contribution is 2.36. The van der Waals surface area contributed by atoms with Crippen LogP contribution < -0.4 is 0 Å². The maximum absolute atomic E-state index is 13.3. The molecule has 1 aliphatic rings. The number of Topliss-reactive ketones (excluding diaryl/α,β-unsaturated/α-hetero) is 1. The molecule has 0 N–H and O–H groups in total. The van der Waals surface area contributed by atoms with E-state index >= 15 is 0 Å². The maximum Gasteiger partial charge on any atom is 0.163 e. The fourth-order valence-corrected chi connectivity index (χ4v) is 5.96. The van der Waals surface area contributed by atoms with E-state index in [1.54, 1.807) is 24.3 Å². The van der Waals surface area contributed by atoms with Gasteiger partial charge in [0.25, 0.3) is 0 Å². The number of nitrogens with zero attached hydrogens (tertiary/aromatic N) is 4. The summed E-state index contributed by atoms with van der Waals surface area (Å²) < 4.78 is 38.5. The van der Waals surface area contributed by atoms with Crippen molar-refractivity contribution in [2.75, 3.05) is 11.5 Å². The topological polar surface area (TPSA) is 94.8 Å². The number of hydrogen-bond donors (Lipinski definition) is 0. The van der Waals surface area contributed by atoms with Crippen molar-refractivity contribution in [1.82, 2.24) is 20.2 Å². The molecule has 4 rings (SSSR count). The van der Waals surface area contributed by atoms with E-state index in [4.69, 9.17) is 0 Å². The number of carbonyl (C=O) groups excluding carboxylic acids is 1. The predicted octanol–water partition coefficient (Wildman–Crippen LogP) is 2.87. The third kappa shape index (κ3) is 4.24. The Morgan fingerprint density at radius 2 is 1.93 bits per heavy atom. The average Bonchev–Trinajstić information content (AvgIpc) is 3.30. The smallest absolute Gasteiger partial charge is 0.163 e. The molecule has 2 heterocycles. The molecule has 7 nitrogen and oxygen atoms in total. The summed E-state index contributed by atoms with van der Waals surface area (Å²) in [6.07, 6.45) is 2.02. The van der Waals surface area contributed by atoms with Crippen molar-refractivity contribution in [3.63, 3.8) is 0 Å². The van der Waals surface area contributed by atoms with E-state index in [-0.39, 0.29) is 29.5 Å². The Hall–Kier alpha value is -2.94. The molecule has 0 saturated carbocycles. The van der Waals surface area contributed by atoms with Gasteiger partial charge in [-0.05, 0) is 63.7 Å². The Labute approximate surface area is 167 Å². The second-order valence-corrected chi connectivity index (χ2v) is 9.97. The monoisotopic (exact) mass is 414 g/mol. The van der Waals surface area contributed by atoms with Crippen LogP contribution in [0.2, 0.25) is 0 Å². The number of aromatic nitrogens is 4. The molecule has 2 aromatic carbocycles. The van der Waals surface area contributed by atoms with E-state index in [1.165, 1.54) is 23.1 Å². The zero-order valence-corrected chi connectivity index (χ0v) is 16.6. The molecule has 1 aliphatic heterocycles. The van der Waals surface area contributed by atoms with E-state index in [0.29, 0.717) is 23.2 Å². The van der Waals surface area contributed by atoms with Crippen LogP contribution in [-0.2, 0) is 9.84 Å². The second kappa shape index (κ2) is 7.14. The Morgan fingerprint density at radius 1 is 1.17 bits per heavy atom. The summed E-state index contributed by atoms with van der Waals surface area (Å²) in [5, 5.41) is 11.1. The van der Waals surface area contributed by atoms with Crippen LogP contribution >= 0.6 is 0 Å². The predicted molar refractivity (Wildman–Crippen MR) is 105 cm³/mol. The van der Waals surface area contributed by atoms with Gasteiger partial charge in [0.05, 0.1) is 17.2 Å². The van der Waals surface area contributed by atoms with Crippen molar-refractivity contribution in [2.24, 2.45) is 5.41 Å².